The normalized spacial score (nSPS) is 10.7. The number of aromatic nitrogens is 2. The Balaban J connectivity index is 1.87. The Bertz CT molecular complexity index is 717. The van der Waals surface area contributed by atoms with Gasteiger partial charge in [-0.1, -0.05) is 30.3 Å². The Kier molecular flexibility index (Phi) is 3.33. The lowest BCUT2D eigenvalue weighted by molar-refractivity contribution is 0.626. The average Bonchev–Trinajstić information content (AvgIpc) is 2.88. The molecule has 20 heavy (non-hydrogen) atoms. The number of benzene rings is 2. The van der Waals surface area contributed by atoms with Crippen LogP contribution in [-0.4, -0.2) is 9.78 Å². The van der Waals surface area contributed by atoms with Crippen LogP contribution in [0.1, 0.15) is 11.1 Å². The van der Waals surface area contributed by atoms with E-state index in [1.165, 1.54) is 17.7 Å². The van der Waals surface area contributed by atoms with Crippen molar-refractivity contribution in [3.63, 3.8) is 0 Å². The first kappa shape index (κ1) is 12.6. The van der Waals surface area contributed by atoms with Gasteiger partial charge in [-0.25, -0.2) is 4.39 Å². The molecule has 0 fully saturated rings. The summed E-state index contributed by atoms with van der Waals surface area (Å²) in [7, 11) is 0. The van der Waals surface area contributed by atoms with Gasteiger partial charge in [0.15, 0.2) is 0 Å². The fourth-order valence-electron chi connectivity index (χ4n) is 2.28. The minimum absolute atomic E-state index is 0.213. The first-order valence-corrected chi connectivity index (χ1v) is 6.56. The summed E-state index contributed by atoms with van der Waals surface area (Å²) >= 11 is 0. The molecule has 3 aromatic rings. The van der Waals surface area contributed by atoms with Crippen LogP contribution in [-0.2, 0) is 6.54 Å². The van der Waals surface area contributed by atoms with Crippen LogP contribution >= 0.6 is 0 Å². The standard InChI is InChI=1S/C17H15FN2/c1-13-11-15(18)7-8-16(13)17-9-10-20(19-17)12-14-5-3-2-4-6-14/h2-11H,12H2,1H3. The minimum atomic E-state index is -0.213. The van der Waals surface area contributed by atoms with Crippen LogP contribution < -0.4 is 0 Å². The van der Waals surface area contributed by atoms with E-state index in [0.717, 1.165) is 23.4 Å². The van der Waals surface area contributed by atoms with Gasteiger partial charge in [0, 0.05) is 11.8 Å². The van der Waals surface area contributed by atoms with E-state index in [1.54, 1.807) is 6.07 Å². The Labute approximate surface area is 117 Å². The molecule has 0 spiro atoms. The molecule has 0 amide bonds. The van der Waals surface area contributed by atoms with E-state index >= 15 is 0 Å². The number of hydrogen-bond donors (Lipinski definition) is 0. The van der Waals surface area contributed by atoms with Crippen molar-refractivity contribution in [3.05, 3.63) is 77.7 Å². The third kappa shape index (κ3) is 2.62. The Hall–Kier alpha value is -2.42. The molecular weight excluding hydrogens is 251 g/mol. The lowest BCUT2D eigenvalue weighted by Gasteiger charge is -2.03. The van der Waals surface area contributed by atoms with Gasteiger partial charge in [0.2, 0.25) is 0 Å². The second-order valence-electron chi connectivity index (χ2n) is 4.84. The number of nitrogens with zero attached hydrogens (tertiary/aromatic N) is 2. The zero-order valence-electron chi connectivity index (χ0n) is 11.3. The molecule has 0 N–H and O–H groups in total. The van der Waals surface area contributed by atoms with Crippen molar-refractivity contribution in [2.45, 2.75) is 13.5 Å². The summed E-state index contributed by atoms with van der Waals surface area (Å²) in [5, 5.41) is 4.56. The highest BCUT2D eigenvalue weighted by molar-refractivity contribution is 5.62. The van der Waals surface area contributed by atoms with Crippen LogP contribution in [0.25, 0.3) is 11.3 Å². The molecule has 2 aromatic carbocycles. The fraction of sp³-hybridized carbons (Fsp3) is 0.118. The zero-order valence-corrected chi connectivity index (χ0v) is 11.3. The summed E-state index contributed by atoms with van der Waals surface area (Å²) in [6.07, 6.45) is 1.95. The molecule has 2 nitrogen and oxygen atoms in total. The van der Waals surface area contributed by atoms with E-state index in [0.29, 0.717) is 0 Å². The summed E-state index contributed by atoms with van der Waals surface area (Å²) < 4.78 is 15.0. The van der Waals surface area contributed by atoms with Gasteiger partial charge in [-0.3, -0.25) is 4.68 Å². The van der Waals surface area contributed by atoms with E-state index in [2.05, 4.69) is 17.2 Å². The molecule has 0 unspecified atom stereocenters. The van der Waals surface area contributed by atoms with Gasteiger partial charge in [-0.05, 0) is 42.3 Å². The summed E-state index contributed by atoms with van der Waals surface area (Å²) in [5.74, 6) is -0.213. The van der Waals surface area contributed by atoms with Crippen molar-refractivity contribution < 1.29 is 4.39 Å². The summed E-state index contributed by atoms with van der Waals surface area (Å²) in [5.41, 5.74) is 3.95. The van der Waals surface area contributed by atoms with E-state index < -0.39 is 0 Å². The maximum absolute atomic E-state index is 13.1. The number of rotatable bonds is 3. The van der Waals surface area contributed by atoms with E-state index in [-0.39, 0.29) is 5.82 Å². The fourth-order valence-corrected chi connectivity index (χ4v) is 2.28. The van der Waals surface area contributed by atoms with Crippen LogP contribution in [0, 0.1) is 12.7 Å². The van der Waals surface area contributed by atoms with Gasteiger partial charge in [-0.2, -0.15) is 5.10 Å². The lowest BCUT2D eigenvalue weighted by Crippen LogP contribution is -2.00. The Morgan fingerprint density at radius 2 is 1.85 bits per heavy atom. The predicted molar refractivity (Wildman–Crippen MR) is 77.9 cm³/mol. The molecule has 1 heterocycles. The smallest absolute Gasteiger partial charge is 0.123 e. The van der Waals surface area contributed by atoms with Gasteiger partial charge in [-0.15, -0.1) is 0 Å². The molecule has 0 saturated carbocycles. The number of halogens is 1. The first-order chi connectivity index (χ1) is 9.72. The first-order valence-electron chi connectivity index (χ1n) is 6.56. The minimum Gasteiger partial charge on any atom is -0.268 e. The van der Waals surface area contributed by atoms with Crippen molar-refractivity contribution >= 4 is 0 Å². The van der Waals surface area contributed by atoms with Gasteiger partial charge in [0.05, 0.1) is 12.2 Å². The quantitative estimate of drug-likeness (QED) is 0.699. The second-order valence-corrected chi connectivity index (χ2v) is 4.84. The topological polar surface area (TPSA) is 17.8 Å². The molecule has 0 radical (unpaired) electrons. The van der Waals surface area contributed by atoms with Crippen molar-refractivity contribution in [2.24, 2.45) is 0 Å². The summed E-state index contributed by atoms with van der Waals surface area (Å²) in [6.45, 7) is 2.63. The van der Waals surface area contributed by atoms with Gasteiger partial charge in [0.25, 0.3) is 0 Å². The maximum atomic E-state index is 13.1. The van der Waals surface area contributed by atoms with E-state index in [4.69, 9.17) is 0 Å². The second kappa shape index (κ2) is 5.29. The largest absolute Gasteiger partial charge is 0.268 e. The van der Waals surface area contributed by atoms with Crippen LogP contribution in [0.2, 0.25) is 0 Å². The van der Waals surface area contributed by atoms with Crippen LogP contribution in [0.5, 0.6) is 0 Å². The molecule has 0 saturated heterocycles. The van der Waals surface area contributed by atoms with Crippen molar-refractivity contribution in [1.29, 1.82) is 0 Å². The van der Waals surface area contributed by atoms with Crippen LogP contribution in [0.15, 0.2) is 60.8 Å². The van der Waals surface area contributed by atoms with Gasteiger partial charge < -0.3 is 0 Å². The van der Waals surface area contributed by atoms with Crippen molar-refractivity contribution in [2.75, 3.05) is 0 Å². The molecule has 3 heteroatoms. The Morgan fingerprint density at radius 1 is 1.05 bits per heavy atom. The molecule has 0 aliphatic rings. The highest BCUT2D eigenvalue weighted by Gasteiger charge is 2.06. The van der Waals surface area contributed by atoms with E-state index in [1.807, 2.05) is 42.1 Å². The molecule has 0 bridgehead atoms. The average molecular weight is 266 g/mol. The molecule has 0 aliphatic carbocycles. The Morgan fingerprint density at radius 3 is 2.60 bits per heavy atom. The molecule has 100 valence electrons. The lowest BCUT2D eigenvalue weighted by atomic mass is 10.1. The number of aryl methyl sites for hydroxylation is 1. The molecular formula is C17H15FN2. The monoisotopic (exact) mass is 266 g/mol. The van der Waals surface area contributed by atoms with Gasteiger partial charge >= 0.3 is 0 Å². The molecule has 3 rings (SSSR count). The number of hydrogen-bond acceptors (Lipinski definition) is 1. The van der Waals surface area contributed by atoms with Crippen LogP contribution in [0.3, 0.4) is 0 Å². The van der Waals surface area contributed by atoms with Crippen LogP contribution in [0.4, 0.5) is 4.39 Å². The third-order valence-electron chi connectivity index (χ3n) is 3.29. The van der Waals surface area contributed by atoms with E-state index in [9.17, 15) is 4.39 Å². The SMILES string of the molecule is Cc1cc(F)ccc1-c1ccn(Cc2ccccc2)n1. The van der Waals surface area contributed by atoms with Crippen molar-refractivity contribution in [3.8, 4) is 11.3 Å². The third-order valence-corrected chi connectivity index (χ3v) is 3.29. The molecule has 1 aromatic heterocycles. The summed E-state index contributed by atoms with van der Waals surface area (Å²) in [6, 6.07) is 16.9. The zero-order chi connectivity index (χ0) is 13.9. The van der Waals surface area contributed by atoms with Crippen molar-refractivity contribution in [1.82, 2.24) is 9.78 Å². The van der Waals surface area contributed by atoms with Gasteiger partial charge in [0.1, 0.15) is 5.82 Å². The predicted octanol–water partition coefficient (Wildman–Crippen LogP) is 4.05. The molecule has 0 atom stereocenters. The highest BCUT2D eigenvalue weighted by atomic mass is 19.1. The maximum Gasteiger partial charge on any atom is 0.123 e. The highest BCUT2D eigenvalue weighted by Crippen LogP contribution is 2.22. The summed E-state index contributed by atoms with van der Waals surface area (Å²) in [4.78, 5) is 0. The molecule has 0 aliphatic heterocycles.